The van der Waals surface area contributed by atoms with Gasteiger partial charge in [-0.25, -0.2) is 4.98 Å². The van der Waals surface area contributed by atoms with Crippen LogP contribution in [0, 0.1) is 6.92 Å². The van der Waals surface area contributed by atoms with Gasteiger partial charge in [0.2, 0.25) is 5.95 Å². The number of hydrogen-bond acceptors (Lipinski definition) is 4. The smallest absolute Gasteiger partial charge is 0.224 e. The summed E-state index contributed by atoms with van der Waals surface area (Å²) in [6.07, 6.45) is 2.79. The number of benzene rings is 1. The van der Waals surface area contributed by atoms with Gasteiger partial charge in [0.05, 0.1) is 4.47 Å². The standard InChI is InChI=1S/C14H17BrN4/c1-3-7-16-14-17-9-12(15)13(19-14)18-11-6-4-5-10(2)8-11/h4-6,8-9H,3,7H2,1-2H3,(H2,16,17,18,19). The Labute approximate surface area is 121 Å². The molecule has 0 atom stereocenters. The van der Waals surface area contributed by atoms with Gasteiger partial charge >= 0.3 is 0 Å². The third-order valence-corrected chi connectivity index (χ3v) is 3.14. The van der Waals surface area contributed by atoms with Gasteiger partial charge in [0.25, 0.3) is 0 Å². The first-order chi connectivity index (χ1) is 9.19. The molecule has 100 valence electrons. The maximum Gasteiger partial charge on any atom is 0.224 e. The van der Waals surface area contributed by atoms with Gasteiger partial charge in [-0.1, -0.05) is 19.1 Å². The van der Waals surface area contributed by atoms with Gasteiger partial charge in [-0.2, -0.15) is 4.98 Å². The Balaban J connectivity index is 2.19. The minimum absolute atomic E-state index is 0.639. The molecule has 0 radical (unpaired) electrons. The van der Waals surface area contributed by atoms with Crippen LogP contribution in [0.2, 0.25) is 0 Å². The molecule has 2 aromatic rings. The largest absolute Gasteiger partial charge is 0.354 e. The molecule has 5 heteroatoms. The number of nitrogens with zero attached hydrogens (tertiary/aromatic N) is 2. The Hall–Kier alpha value is -1.62. The first kappa shape index (κ1) is 13.8. The molecule has 1 aromatic carbocycles. The zero-order valence-corrected chi connectivity index (χ0v) is 12.7. The fraction of sp³-hybridized carbons (Fsp3) is 0.286. The number of halogens is 1. The Morgan fingerprint density at radius 2 is 2.16 bits per heavy atom. The molecular weight excluding hydrogens is 304 g/mol. The molecule has 19 heavy (non-hydrogen) atoms. The average Bonchev–Trinajstić information content (AvgIpc) is 2.40. The molecule has 1 heterocycles. The van der Waals surface area contributed by atoms with Crippen LogP contribution in [-0.4, -0.2) is 16.5 Å². The van der Waals surface area contributed by atoms with Crippen LogP contribution >= 0.6 is 15.9 Å². The molecule has 4 nitrogen and oxygen atoms in total. The number of aryl methyl sites for hydroxylation is 1. The van der Waals surface area contributed by atoms with Crippen LogP contribution in [0.5, 0.6) is 0 Å². The van der Waals surface area contributed by atoms with Crippen LogP contribution < -0.4 is 10.6 Å². The summed E-state index contributed by atoms with van der Waals surface area (Å²) in [5.41, 5.74) is 2.22. The lowest BCUT2D eigenvalue weighted by molar-refractivity contribution is 0.952. The van der Waals surface area contributed by atoms with E-state index in [2.05, 4.69) is 62.5 Å². The molecule has 2 rings (SSSR count). The van der Waals surface area contributed by atoms with Crippen molar-refractivity contribution in [3.05, 3.63) is 40.5 Å². The van der Waals surface area contributed by atoms with Crippen LogP contribution in [0.15, 0.2) is 34.9 Å². The topological polar surface area (TPSA) is 49.8 Å². The van der Waals surface area contributed by atoms with Gasteiger partial charge in [0.1, 0.15) is 5.82 Å². The van der Waals surface area contributed by atoms with Crippen molar-refractivity contribution in [2.75, 3.05) is 17.2 Å². The summed E-state index contributed by atoms with van der Waals surface area (Å²) in [4.78, 5) is 8.68. The lowest BCUT2D eigenvalue weighted by atomic mass is 10.2. The summed E-state index contributed by atoms with van der Waals surface area (Å²) < 4.78 is 0.844. The Kier molecular flexibility index (Phi) is 4.74. The average molecular weight is 321 g/mol. The molecule has 2 N–H and O–H groups in total. The maximum absolute atomic E-state index is 4.45. The lowest BCUT2D eigenvalue weighted by Gasteiger charge is -2.10. The molecule has 0 bridgehead atoms. The van der Waals surface area contributed by atoms with E-state index in [1.165, 1.54) is 5.56 Å². The van der Waals surface area contributed by atoms with E-state index >= 15 is 0 Å². The summed E-state index contributed by atoms with van der Waals surface area (Å²) in [6.45, 7) is 5.04. The van der Waals surface area contributed by atoms with E-state index in [4.69, 9.17) is 0 Å². The van der Waals surface area contributed by atoms with Gasteiger partial charge in [0, 0.05) is 18.4 Å². The SMILES string of the molecule is CCCNc1ncc(Br)c(Nc2cccc(C)c2)n1. The van der Waals surface area contributed by atoms with Crippen LogP contribution in [0.4, 0.5) is 17.5 Å². The Bertz CT molecular complexity index is 557. The summed E-state index contributed by atoms with van der Waals surface area (Å²) in [5, 5.41) is 6.47. The number of rotatable bonds is 5. The highest BCUT2D eigenvalue weighted by Crippen LogP contribution is 2.24. The maximum atomic E-state index is 4.45. The highest BCUT2D eigenvalue weighted by molar-refractivity contribution is 9.10. The number of aromatic nitrogens is 2. The highest BCUT2D eigenvalue weighted by Gasteiger charge is 2.05. The van der Waals surface area contributed by atoms with E-state index in [1.54, 1.807) is 6.20 Å². The zero-order valence-electron chi connectivity index (χ0n) is 11.1. The van der Waals surface area contributed by atoms with Crippen molar-refractivity contribution in [2.24, 2.45) is 0 Å². The lowest BCUT2D eigenvalue weighted by Crippen LogP contribution is -2.06. The molecule has 0 saturated heterocycles. The second-order valence-electron chi connectivity index (χ2n) is 4.31. The van der Waals surface area contributed by atoms with Crippen molar-refractivity contribution in [3.8, 4) is 0 Å². The summed E-state index contributed by atoms with van der Waals surface area (Å²) in [7, 11) is 0. The quantitative estimate of drug-likeness (QED) is 0.870. The second kappa shape index (κ2) is 6.52. The fourth-order valence-electron chi connectivity index (χ4n) is 1.64. The summed E-state index contributed by atoms with van der Waals surface area (Å²) >= 11 is 3.46. The minimum atomic E-state index is 0.639. The number of hydrogen-bond donors (Lipinski definition) is 2. The van der Waals surface area contributed by atoms with Crippen molar-refractivity contribution in [1.82, 2.24) is 9.97 Å². The zero-order chi connectivity index (χ0) is 13.7. The first-order valence-electron chi connectivity index (χ1n) is 6.29. The van der Waals surface area contributed by atoms with E-state index < -0.39 is 0 Å². The van der Waals surface area contributed by atoms with Gasteiger partial charge in [-0.15, -0.1) is 0 Å². The molecule has 0 fully saturated rings. The van der Waals surface area contributed by atoms with E-state index in [1.807, 2.05) is 12.1 Å². The van der Waals surface area contributed by atoms with Crippen molar-refractivity contribution in [3.63, 3.8) is 0 Å². The molecule has 1 aromatic heterocycles. The highest BCUT2D eigenvalue weighted by atomic mass is 79.9. The van der Waals surface area contributed by atoms with Crippen molar-refractivity contribution in [2.45, 2.75) is 20.3 Å². The Morgan fingerprint density at radius 1 is 1.32 bits per heavy atom. The van der Waals surface area contributed by atoms with E-state index in [0.29, 0.717) is 5.95 Å². The number of anilines is 3. The normalized spacial score (nSPS) is 10.3. The van der Waals surface area contributed by atoms with E-state index in [-0.39, 0.29) is 0 Å². The molecular formula is C14H17BrN4. The van der Waals surface area contributed by atoms with Crippen molar-refractivity contribution < 1.29 is 0 Å². The number of nitrogens with one attached hydrogen (secondary N) is 2. The molecule has 0 amide bonds. The van der Waals surface area contributed by atoms with Gasteiger partial charge in [-0.05, 0) is 47.0 Å². The third kappa shape index (κ3) is 3.92. The van der Waals surface area contributed by atoms with Crippen molar-refractivity contribution >= 4 is 33.4 Å². The Morgan fingerprint density at radius 3 is 2.89 bits per heavy atom. The summed E-state index contributed by atoms with van der Waals surface area (Å²) in [5.74, 6) is 1.40. The predicted octanol–water partition coefficient (Wildman–Crippen LogP) is 4.11. The monoisotopic (exact) mass is 320 g/mol. The molecule has 0 aliphatic heterocycles. The van der Waals surface area contributed by atoms with Crippen LogP contribution in [0.3, 0.4) is 0 Å². The van der Waals surface area contributed by atoms with E-state index in [9.17, 15) is 0 Å². The van der Waals surface area contributed by atoms with Crippen LogP contribution in [0.1, 0.15) is 18.9 Å². The summed E-state index contributed by atoms with van der Waals surface area (Å²) in [6, 6.07) is 8.17. The van der Waals surface area contributed by atoms with Gasteiger partial charge in [-0.3, -0.25) is 0 Å². The molecule has 0 spiro atoms. The molecule has 0 aliphatic rings. The van der Waals surface area contributed by atoms with Crippen molar-refractivity contribution in [1.29, 1.82) is 0 Å². The third-order valence-electron chi connectivity index (χ3n) is 2.56. The van der Waals surface area contributed by atoms with Crippen LogP contribution in [0.25, 0.3) is 0 Å². The minimum Gasteiger partial charge on any atom is -0.354 e. The second-order valence-corrected chi connectivity index (χ2v) is 5.17. The predicted molar refractivity (Wildman–Crippen MR) is 83.0 cm³/mol. The molecule has 0 unspecified atom stereocenters. The first-order valence-corrected chi connectivity index (χ1v) is 7.08. The molecule has 0 saturated carbocycles. The van der Waals surface area contributed by atoms with Gasteiger partial charge < -0.3 is 10.6 Å². The van der Waals surface area contributed by atoms with E-state index in [0.717, 1.165) is 28.9 Å². The van der Waals surface area contributed by atoms with Gasteiger partial charge in [0.15, 0.2) is 0 Å². The fourth-order valence-corrected chi connectivity index (χ4v) is 1.93. The molecule has 0 aliphatic carbocycles. The van der Waals surface area contributed by atoms with Crippen LogP contribution in [-0.2, 0) is 0 Å².